The zero-order valence-corrected chi connectivity index (χ0v) is 8.87. The monoisotopic (exact) mass is 182 g/mol. The molecule has 1 rings (SSSR count). The second-order valence-corrected chi connectivity index (χ2v) is 4.31. The number of rotatable bonds is 2. The summed E-state index contributed by atoms with van der Waals surface area (Å²) < 4.78 is 0. The fourth-order valence-electron chi connectivity index (χ4n) is 2.22. The largest absolute Gasteiger partial charge is 0.377 e. The SMILES string of the molecule is C=CN1CC(C)C[C@@H](N)C(CC)C1. The van der Waals surface area contributed by atoms with Crippen LogP contribution in [0.5, 0.6) is 0 Å². The Bertz CT molecular complexity index is 167. The Morgan fingerprint density at radius 2 is 2.23 bits per heavy atom. The molecule has 2 N–H and O–H groups in total. The van der Waals surface area contributed by atoms with Gasteiger partial charge in [-0.15, -0.1) is 0 Å². The average molecular weight is 182 g/mol. The van der Waals surface area contributed by atoms with Crippen LogP contribution in [0.25, 0.3) is 0 Å². The average Bonchev–Trinajstić information content (AvgIpc) is 2.23. The first-order valence-corrected chi connectivity index (χ1v) is 5.29. The number of hydrogen-bond donors (Lipinski definition) is 1. The first-order valence-electron chi connectivity index (χ1n) is 5.29. The Balaban J connectivity index is 2.62. The molecular formula is C11H22N2. The quantitative estimate of drug-likeness (QED) is 0.706. The van der Waals surface area contributed by atoms with Crippen molar-refractivity contribution in [3.8, 4) is 0 Å². The van der Waals surface area contributed by atoms with E-state index in [9.17, 15) is 0 Å². The van der Waals surface area contributed by atoms with E-state index in [0.29, 0.717) is 17.9 Å². The first kappa shape index (κ1) is 10.6. The van der Waals surface area contributed by atoms with Gasteiger partial charge in [0.05, 0.1) is 0 Å². The molecule has 0 amide bonds. The van der Waals surface area contributed by atoms with E-state index in [2.05, 4.69) is 25.3 Å². The van der Waals surface area contributed by atoms with Gasteiger partial charge in [-0.3, -0.25) is 0 Å². The van der Waals surface area contributed by atoms with Gasteiger partial charge in [-0.2, -0.15) is 0 Å². The number of nitrogens with zero attached hydrogens (tertiary/aromatic N) is 1. The fourth-order valence-corrected chi connectivity index (χ4v) is 2.22. The summed E-state index contributed by atoms with van der Waals surface area (Å²) in [6.45, 7) is 10.5. The highest BCUT2D eigenvalue weighted by molar-refractivity contribution is 4.86. The van der Waals surface area contributed by atoms with E-state index in [0.717, 1.165) is 19.5 Å². The third-order valence-electron chi connectivity index (χ3n) is 3.08. The minimum absolute atomic E-state index is 0.380. The van der Waals surface area contributed by atoms with Crippen LogP contribution in [-0.4, -0.2) is 24.0 Å². The third kappa shape index (κ3) is 2.73. The van der Waals surface area contributed by atoms with E-state index < -0.39 is 0 Å². The lowest BCUT2D eigenvalue weighted by Crippen LogP contribution is -2.33. The Hall–Kier alpha value is -0.500. The molecule has 1 saturated heterocycles. The highest BCUT2D eigenvalue weighted by Gasteiger charge is 2.24. The molecule has 3 atom stereocenters. The molecule has 0 aromatic heterocycles. The number of hydrogen-bond acceptors (Lipinski definition) is 2. The van der Waals surface area contributed by atoms with Crippen LogP contribution < -0.4 is 5.73 Å². The van der Waals surface area contributed by atoms with Gasteiger partial charge in [0, 0.05) is 19.1 Å². The summed E-state index contributed by atoms with van der Waals surface area (Å²) in [7, 11) is 0. The van der Waals surface area contributed by atoms with Crippen LogP contribution in [0.2, 0.25) is 0 Å². The van der Waals surface area contributed by atoms with Gasteiger partial charge < -0.3 is 10.6 Å². The molecule has 0 bridgehead atoms. The van der Waals surface area contributed by atoms with Gasteiger partial charge in [0.15, 0.2) is 0 Å². The highest BCUT2D eigenvalue weighted by Crippen LogP contribution is 2.21. The molecule has 0 aromatic carbocycles. The molecule has 2 nitrogen and oxygen atoms in total. The second-order valence-electron chi connectivity index (χ2n) is 4.31. The Kier molecular flexibility index (Phi) is 3.79. The predicted octanol–water partition coefficient (Wildman–Crippen LogP) is 1.83. The van der Waals surface area contributed by atoms with Crippen LogP contribution in [0, 0.1) is 11.8 Å². The van der Waals surface area contributed by atoms with Gasteiger partial charge in [-0.25, -0.2) is 0 Å². The van der Waals surface area contributed by atoms with E-state index in [1.54, 1.807) is 0 Å². The van der Waals surface area contributed by atoms with E-state index in [4.69, 9.17) is 5.73 Å². The molecule has 1 aliphatic heterocycles. The standard InChI is InChI=1S/C11H22N2/c1-4-10-8-13(5-2)7-9(3)6-11(10)12/h5,9-11H,2,4,6-8,12H2,1,3H3/t9?,10?,11-/m1/s1. The molecule has 0 aliphatic carbocycles. The number of nitrogens with two attached hydrogens (primary N) is 1. The van der Waals surface area contributed by atoms with Crippen LogP contribution in [0.15, 0.2) is 12.8 Å². The molecule has 1 aliphatic rings. The van der Waals surface area contributed by atoms with Crippen LogP contribution in [0.1, 0.15) is 26.7 Å². The molecular weight excluding hydrogens is 160 g/mol. The van der Waals surface area contributed by atoms with Gasteiger partial charge in [-0.05, 0) is 24.5 Å². The van der Waals surface area contributed by atoms with Crippen LogP contribution in [0.4, 0.5) is 0 Å². The molecule has 0 saturated carbocycles. The second kappa shape index (κ2) is 4.66. The van der Waals surface area contributed by atoms with Crippen molar-refractivity contribution in [3.05, 3.63) is 12.8 Å². The molecule has 0 radical (unpaired) electrons. The summed E-state index contributed by atoms with van der Waals surface area (Å²) >= 11 is 0. The predicted molar refractivity (Wildman–Crippen MR) is 57.3 cm³/mol. The van der Waals surface area contributed by atoms with Crippen molar-refractivity contribution in [2.24, 2.45) is 17.6 Å². The van der Waals surface area contributed by atoms with Gasteiger partial charge in [0.2, 0.25) is 0 Å². The van der Waals surface area contributed by atoms with E-state index in [1.165, 1.54) is 6.42 Å². The van der Waals surface area contributed by atoms with Crippen LogP contribution >= 0.6 is 0 Å². The summed E-state index contributed by atoms with van der Waals surface area (Å²) in [4.78, 5) is 2.31. The zero-order valence-electron chi connectivity index (χ0n) is 8.87. The molecule has 0 spiro atoms. The lowest BCUT2D eigenvalue weighted by molar-refractivity contribution is 0.302. The van der Waals surface area contributed by atoms with Crippen LogP contribution in [0.3, 0.4) is 0 Å². The fraction of sp³-hybridized carbons (Fsp3) is 0.818. The third-order valence-corrected chi connectivity index (χ3v) is 3.08. The highest BCUT2D eigenvalue weighted by atomic mass is 15.1. The molecule has 2 heteroatoms. The van der Waals surface area contributed by atoms with Gasteiger partial charge in [0.25, 0.3) is 0 Å². The van der Waals surface area contributed by atoms with Crippen molar-refractivity contribution >= 4 is 0 Å². The molecule has 0 aromatic rings. The van der Waals surface area contributed by atoms with Crippen molar-refractivity contribution in [2.75, 3.05) is 13.1 Å². The minimum atomic E-state index is 0.380. The Labute approximate surface area is 81.8 Å². The van der Waals surface area contributed by atoms with Crippen molar-refractivity contribution < 1.29 is 0 Å². The van der Waals surface area contributed by atoms with Gasteiger partial charge in [-0.1, -0.05) is 26.8 Å². The zero-order chi connectivity index (χ0) is 9.84. The van der Waals surface area contributed by atoms with E-state index in [1.807, 2.05) is 6.20 Å². The Morgan fingerprint density at radius 1 is 1.54 bits per heavy atom. The lowest BCUT2D eigenvalue weighted by Gasteiger charge is -2.24. The Morgan fingerprint density at radius 3 is 2.77 bits per heavy atom. The topological polar surface area (TPSA) is 29.3 Å². The molecule has 13 heavy (non-hydrogen) atoms. The van der Waals surface area contributed by atoms with Crippen molar-refractivity contribution in [1.82, 2.24) is 4.90 Å². The molecule has 1 heterocycles. The van der Waals surface area contributed by atoms with Gasteiger partial charge >= 0.3 is 0 Å². The minimum Gasteiger partial charge on any atom is -0.377 e. The first-order chi connectivity index (χ1) is 6.17. The summed E-state index contributed by atoms with van der Waals surface area (Å²) in [6.07, 6.45) is 4.29. The number of likely N-dealkylation sites (tertiary alicyclic amines) is 1. The maximum Gasteiger partial charge on any atom is 0.0215 e. The van der Waals surface area contributed by atoms with Crippen LogP contribution in [-0.2, 0) is 0 Å². The van der Waals surface area contributed by atoms with E-state index >= 15 is 0 Å². The summed E-state index contributed by atoms with van der Waals surface area (Å²) in [5.41, 5.74) is 6.14. The normalized spacial score (nSPS) is 35.6. The smallest absolute Gasteiger partial charge is 0.0215 e. The summed E-state index contributed by atoms with van der Waals surface area (Å²) in [6, 6.07) is 0.380. The van der Waals surface area contributed by atoms with Crippen molar-refractivity contribution in [2.45, 2.75) is 32.7 Å². The molecule has 2 unspecified atom stereocenters. The summed E-state index contributed by atoms with van der Waals surface area (Å²) in [5, 5.41) is 0. The van der Waals surface area contributed by atoms with Crippen molar-refractivity contribution in [3.63, 3.8) is 0 Å². The maximum atomic E-state index is 6.14. The molecule has 76 valence electrons. The van der Waals surface area contributed by atoms with E-state index in [-0.39, 0.29) is 0 Å². The molecule has 1 fully saturated rings. The van der Waals surface area contributed by atoms with Gasteiger partial charge in [0.1, 0.15) is 0 Å². The summed E-state index contributed by atoms with van der Waals surface area (Å²) in [5.74, 6) is 1.34. The maximum absolute atomic E-state index is 6.14. The van der Waals surface area contributed by atoms with Crippen molar-refractivity contribution in [1.29, 1.82) is 0 Å². The lowest BCUT2D eigenvalue weighted by atomic mass is 9.92.